The summed E-state index contributed by atoms with van der Waals surface area (Å²) in [6, 6.07) is 6.10. The second kappa shape index (κ2) is 9.35. The zero-order chi connectivity index (χ0) is 16.5. The first-order valence-corrected chi connectivity index (χ1v) is 8.54. The fourth-order valence-electron chi connectivity index (χ4n) is 2.69. The summed E-state index contributed by atoms with van der Waals surface area (Å²) in [7, 11) is 1.63. The lowest BCUT2D eigenvalue weighted by Crippen LogP contribution is -2.40. The van der Waals surface area contributed by atoms with Gasteiger partial charge in [0.15, 0.2) is 5.11 Å². The van der Waals surface area contributed by atoms with Gasteiger partial charge in [0.05, 0.1) is 19.9 Å². The molecule has 126 valence electrons. The van der Waals surface area contributed by atoms with Crippen LogP contribution >= 0.6 is 12.2 Å². The Morgan fingerprint density at radius 1 is 1.35 bits per heavy atom. The molecule has 2 N–H and O–H groups in total. The van der Waals surface area contributed by atoms with Crippen molar-refractivity contribution in [3.63, 3.8) is 0 Å². The van der Waals surface area contributed by atoms with Gasteiger partial charge in [-0.3, -0.25) is 5.43 Å². The van der Waals surface area contributed by atoms with E-state index in [-0.39, 0.29) is 0 Å². The van der Waals surface area contributed by atoms with E-state index >= 15 is 0 Å². The molecule has 5 nitrogen and oxygen atoms in total. The number of methoxy groups -OCH3 is 1. The van der Waals surface area contributed by atoms with E-state index in [1.165, 1.54) is 32.1 Å². The minimum Gasteiger partial charge on any atom is -0.496 e. The molecule has 0 bridgehead atoms. The van der Waals surface area contributed by atoms with Gasteiger partial charge in [0, 0.05) is 11.6 Å². The van der Waals surface area contributed by atoms with Crippen molar-refractivity contribution in [1.82, 2.24) is 10.7 Å². The van der Waals surface area contributed by atoms with Gasteiger partial charge in [0.25, 0.3) is 0 Å². The summed E-state index contributed by atoms with van der Waals surface area (Å²) >= 11 is 5.29. The van der Waals surface area contributed by atoms with Crippen molar-refractivity contribution in [3.05, 3.63) is 23.8 Å². The third-order valence-corrected chi connectivity index (χ3v) is 4.03. The molecule has 1 saturated carbocycles. The predicted octanol–water partition coefficient (Wildman–Crippen LogP) is 3.22. The van der Waals surface area contributed by atoms with Gasteiger partial charge >= 0.3 is 0 Å². The van der Waals surface area contributed by atoms with Crippen molar-refractivity contribution in [2.75, 3.05) is 13.7 Å². The Labute approximate surface area is 143 Å². The Morgan fingerprint density at radius 3 is 2.83 bits per heavy atom. The maximum Gasteiger partial charge on any atom is 0.187 e. The fourth-order valence-corrected chi connectivity index (χ4v) is 2.91. The first-order valence-electron chi connectivity index (χ1n) is 8.13. The molecule has 6 heteroatoms. The van der Waals surface area contributed by atoms with Crippen LogP contribution in [0.5, 0.6) is 11.5 Å². The summed E-state index contributed by atoms with van der Waals surface area (Å²) in [5.41, 5.74) is 3.71. The number of thiocarbonyl (C=S) groups is 1. The molecule has 0 aromatic heterocycles. The molecule has 2 rings (SSSR count). The van der Waals surface area contributed by atoms with Crippen molar-refractivity contribution in [3.8, 4) is 11.5 Å². The summed E-state index contributed by atoms with van der Waals surface area (Å²) in [5, 5.41) is 8.08. The maximum atomic E-state index is 5.50. The van der Waals surface area contributed by atoms with Crippen LogP contribution in [-0.2, 0) is 0 Å². The smallest absolute Gasteiger partial charge is 0.187 e. The van der Waals surface area contributed by atoms with Crippen molar-refractivity contribution in [2.24, 2.45) is 5.10 Å². The number of ether oxygens (including phenoxy) is 2. The van der Waals surface area contributed by atoms with Crippen LogP contribution in [0.1, 0.15) is 44.6 Å². The molecule has 0 saturated heterocycles. The van der Waals surface area contributed by atoms with Gasteiger partial charge in [-0.05, 0) is 50.2 Å². The quantitative estimate of drug-likeness (QED) is 0.475. The Morgan fingerprint density at radius 2 is 2.13 bits per heavy atom. The highest BCUT2D eigenvalue weighted by Gasteiger charge is 2.13. The van der Waals surface area contributed by atoms with E-state index in [9.17, 15) is 0 Å². The van der Waals surface area contributed by atoms with Gasteiger partial charge in [-0.25, -0.2) is 0 Å². The molecule has 0 amide bonds. The second-order valence-electron chi connectivity index (χ2n) is 5.52. The maximum absolute atomic E-state index is 5.50. The Hall–Kier alpha value is -1.82. The first-order chi connectivity index (χ1) is 11.2. The monoisotopic (exact) mass is 335 g/mol. The normalized spacial score (nSPS) is 15.4. The minimum atomic E-state index is 0.467. The van der Waals surface area contributed by atoms with Crippen LogP contribution in [0.2, 0.25) is 0 Å². The molecule has 1 aromatic carbocycles. The predicted molar refractivity (Wildman–Crippen MR) is 97.5 cm³/mol. The van der Waals surface area contributed by atoms with Crippen LogP contribution in [0.15, 0.2) is 23.3 Å². The number of nitrogens with zero attached hydrogens (tertiary/aromatic N) is 1. The van der Waals surface area contributed by atoms with Crippen molar-refractivity contribution >= 4 is 23.5 Å². The Bertz CT molecular complexity index is 543. The van der Waals surface area contributed by atoms with E-state index < -0.39 is 0 Å². The van der Waals surface area contributed by atoms with Crippen molar-refractivity contribution < 1.29 is 9.47 Å². The lowest BCUT2D eigenvalue weighted by Gasteiger charge is -2.23. The zero-order valence-corrected chi connectivity index (χ0v) is 14.6. The second-order valence-corrected chi connectivity index (χ2v) is 5.92. The van der Waals surface area contributed by atoms with Crippen LogP contribution in [0.4, 0.5) is 0 Å². The number of nitrogens with one attached hydrogen (secondary N) is 2. The Balaban J connectivity index is 1.90. The molecule has 1 fully saturated rings. The molecule has 0 radical (unpaired) electrons. The Kier molecular flexibility index (Phi) is 7.13. The molecule has 1 aliphatic carbocycles. The molecule has 0 heterocycles. The van der Waals surface area contributed by atoms with Crippen molar-refractivity contribution in [2.45, 2.75) is 45.1 Å². The van der Waals surface area contributed by atoms with Crippen LogP contribution in [0, 0.1) is 0 Å². The largest absolute Gasteiger partial charge is 0.496 e. The van der Waals surface area contributed by atoms with Gasteiger partial charge in [0.1, 0.15) is 11.5 Å². The lowest BCUT2D eigenvalue weighted by atomic mass is 9.96. The number of hydrogen-bond acceptors (Lipinski definition) is 4. The number of hydrogen-bond donors (Lipinski definition) is 2. The van der Waals surface area contributed by atoms with Gasteiger partial charge < -0.3 is 14.8 Å². The van der Waals surface area contributed by atoms with Gasteiger partial charge in [-0.15, -0.1) is 0 Å². The highest BCUT2D eigenvalue weighted by molar-refractivity contribution is 7.80. The van der Waals surface area contributed by atoms with Gasteiger partial charge in [-0.2, -0.15) is 5.10 Å². The molecule has 23 heavy (non-hydrogen) atoms. The third kappa shape index (κ3) is 5.71. The average molecular weight is 335 g/mol. The summed E-state index contributed by atoms with van der Waals surface area (Å²) in [6.07, 6.45) is 7.91. The minimum absolute atomic E-state index is 0.467. The highest BCUT2D eigenvalue weighted by atomic mass is 32.1. The topological polar surface area (TPSA) is 54.9 Å². The SMILES string of the molecule is CCOc1ccc(OC)c(/C=N/NC(=S)NC2CCCCC2)c1. The van der Waals surface area contributed by atoms with Crippen LogP contribution in [0.25, 0.3) is 0 Å². The van der Waals surface area contributed by atoms with E-state index in [4.69, 9.17) is 21.7 Å². The van der Waals surface area contributed by atoms with Crippen LogP contribution in [0.3, 0.4) is 0 Å². The standard InChI is InChI=1S/C17H25N3O2S/c1-3-22-15-9-10-16(21-2)13(11-15)12-18-20-17(23)19-14-7-5-4-6-8-14/h9-12,14H,3-8H2,1-2H3,(H2,19,20,23)/b18-12+. The van der Waals surface area contributed by atoms with Gasteiger partial charge in [0.2, 0.25) is 0 Å². The summed E-state index contributed by atoms with van der Waals surface area (Å²) in [5.74, 6) is 1.53. The molecule has 0 aliphatic heterocycles. The van der Waals surface area contributed by atoms with E-state index in [1.54, 1.807) is 13.3 Å². The lowest BCUT2D eigenvalue weighted by molar-refractivity contribution is 0.339. The average Bonchev–Trinajstić information content (AvgIpc) is 2.56. The molecular weight excluding hydrogens is 310 g/mol. The molecule has 1 aromatic rings. The fraction of sp³-hybridized carbons (Fsp3) is 0.529. The number of hydrazone groups is 1. The molecule has 0 atom stereocenters. The van der Waals surface area contributed by atoms with E-state index in [0.717, 1.165) is 17.1 Å². The molecule has 0 spiro atoms. The molecular formula is C17H25N3O2S. The summed E-state index contributed by atoms with van der Waals surface area (Å²) < 4.78 is 10.8. The van der Waals surface area contributed by atoms with E-state index in [0.29, 0.717) is 17.8 Å². The van der Waals surface area contributed by atoms with E-state index in [1.807, 2.05) is 25.1 Å². The molecule has 1 aliphatic rings. The van der Waals surface area contributed by atoms with Crippen LogP contribution < -0.4 is 20.2 Å². The summed E-state index contributed by atoms with van der Waals surface area (Å²) in [4.78, 5) is 0. The van der Waals surface area contributed by atoms with Crippen molar-refractivity contribution in [1.29, 1.82) is 0 Å². The number of benzene rings is 1. The highest BCUT2D eigenvalue weighted by Crippen LogP contribution is 2.22. The molecule has 0 unspecified atom stereocenters. The zero-order valence-electron chi connectivity index (χ0n) is 13.8. The van der Waals surface area contributed by atoms with Crippen LogP contribution in [-0.4, -0.2) is 31.1 Å². The number of rotatable bonds is 6. The van der Waals surface area contributed by atoms with Gasteiger partial charge in [-0.1, -0.05) is 19.3 Å². The first kappa shape index (κ1) is 17.5. The third-order valence-electron chi connectivity index (χ3n) is 3.82. The summed E-state index contributed by atoms with van der Waals surface area (Å²) in [6.45, 7) is 2.57. The van der Waals surface area contributed by atoms with E-state index in [2.05, 4.69) is 15.8 Å².